The van der Waals surface area contributed by atoms with Gasteiger partial charge in [-0.15, -0.1) is 0 Å². The van der Waals surface area contributed by atoms with Gasteiger partial charge in [0.15, 0.2) is 20.2 Å². The molecule has 0 amide bonds. The Labute approximate surface area is 123 Å². The lowest BCUT2D eigenvalue weighted by Gasteiger charge is -2.37. The highest BCUT2D eigenvalue weighted by molar-refractivity contribution is 6.74. The fourth-order valence-electron chi connectivity index (χ4n) is 1.78. The monoisotopic (exact) mass is 304 g/mol. The lowest BCUT2D eigenvalue weighted by atomic mass is 10.2. The Morgan fingerprint density at radius 2 is 1.80 bits per heavy atom. The van der Waals surface area contributed by atoms with Crippen molar-refractivity contribution in [2.45, 2.75) is 70.7 Å². The highest BCUT2D eigenvalue weighted by atomic mass is 28.4. The van der Waals surface area contributed by atoms with Gasteiger partial charge in [-0.05, 0) is 32.0 Å². The third kappa shape index (κ3) is 4.04. The molecule has 0 saturated carbocycles. The minimum Gasteiger partial charge on any atom is -0.467 e. The highest BCUT2D eigenvalue weighted by Gasteiger charge is 2.47. The topological polar surface area (TPSA) is 54.0 Å². The van der Waals surface area contributed by atoms with E-state index in [1.807, 2.05) is 0 Å². The summed E-state index contributed by atoms with van der Waals surface area (Å²) in [5, 5.41) is 0.114. The zero-order valence-electron chi connectivity index (χ0n) is 13.9. The van der Waals surface area contributed by atoms with Gasteiger partial charge in [0.1, 0.15) is 6.10 Å². The minimum absolute atomic E-state index is 0.114. The molecule has 1 fully saturated rings. The molecule has 1 rings (SSSR count). The van der Waals surface area contributed by atoms with Crippen LogP contribution in [0.3, 0.4) is 0 Å². The second-order valence-corrected chi connectivity index (χ2v) is 12.0. The van der Waals surface area contributed by atoms with Crippen LogP contribution in [0.1, 0.15) is 34.6 Å². The Morgan fingerprint density at radius 3 is 2.25 bits per heavy atom. The van der Waals surface area contributed by atoms with Crippen LogP contribution < -0.4 is 0 Å². The molecule has 0 radical (unpaired) electrons. The molecule has 118 valence electrons. The largest absolute Gasteiger partial charge is 0.467 e. The van der Waals surface area contributed by atoms with Crippen molar-refractivity contribution in [2.75, 3.05) is 13.7 Å². The summed E-state index contributed by atoms with van der Waals surface area (Å²) in [6.07, 6.45) is -1.15. The van der Waals surface area contributed by atoms with Gasteiger partial charge in [-0.2, -0.15) is 0 Å². The zero-order valence-corrected chi connectivity index (χ0v) is 14.9. The van der Waals surface area contributed by atoms with Crippen LogP contribution in [-0.2, 0) is 23.4 Å². The van der Waals surface area contributed by atoms with Crippen LogP contribution in [0, 0.1) is 0 Å². The maximum Gasteiger partial charge on any atom is 0.337 e. The molecule has 0 bridgehead atoms. The van der Waals surface area contributed by atoms with Gasteiger partial charge < -0.3 is 18.6 Å². The van der Waals surface area contributed by atoms with Crippen molar-refractivity contribution in [1.29, 1.82) is 0 Å². The number of methoxy groups -OCH3 is 1. The second kappa shape index (κ2) is 5.75. The number of carbonyl (C=O) groups is 1. The summed E-state index contributed by atoms with van der Waals surface area (Å²) in [7, 11) is -0.531. The van der Waals surface area contributed by atoms with E-state index in [1.165, 1.54) is 7.11 Å². The molecule has 0 aromatic heterocycles. The molecular formula is C14H28O5Si. The Bertz CT molecular complexity index is 359. The van der Waals surface area contributed by atoms with E-state index in [2.05, 4.69) is 33.9 Å². The summed E-state index contributed by atoms with van der Waals surface area (Å²) in [6, 6.07) is 0. The molecule has 5 nitrogen and oxygen atoms in total. The summed E-state index contributed by atoms with van der Waals surface area (Å²) in [6.45, 7) is 14.8. The van der Waals surface area contributed by atoms with E-state index < -0.39 is 32.3 Å². The van der Waals surface area contributed by atoms with Crippen LogP contribution in [0.15, 0.2) is 0 Å². The van der Waals surface area contributed by atoms with E-state index in [0.717, 1.165) is 0 Å². The number of rotatable bonds is 4. The molecule has 0 aromatic carbocycles. The SMILES string of the molecule is COC(=O)[C@@H]1OC(C)(C)O[C@H]1CO[Si](C)(C)C(C)(C)C. The van der Waals surface area contributed by atoms with Crippen molar-refractivity contribution in [3.63, 3.8) is 0 Å². The molecule has 0 N–H and O–H groups in total. The molecule has 2 atom stereocenters. The van der Waals surface area contributed by atoms with Crippen LogP contribution in [0.4, 0.5) is 0 Å². The van der Waals surface area contributed by atoms with Crippen molar-refractivity contribution < 1.29 is 23.4 Å². The smallest absolute Gasteiger partial charge is 0.337 e. The van der Waals surface area contributed by atoms with Gasteiger partial charge in [0, 0.05) is 0 Å². The van der Waals surface area contributed by atoms with Crippen molar-refractivity contribution >= 4 is 14.3 Å². The molecule has 0 aliphatic carbocycles. The van der Waals surface area contributed by atoms with Crippen molar-refractivity contribution in [1.82, 2.24) is 0 Å². The Balaban J connectivity index is 2.73. The molecule has 0 spiro atoms. The molecule has 6 heteroatoms. The molecule has 1 aliphatic heterocycles. The minimum atomic E-state index is -1.88. The predicted molar refractivity (Wildman–Crippen MR) is 79.0 cm³/mol. The van der Waals surface area contributed by atoms with Crippen LogP contribution in [0.5, 0.6) is 0 Å². The molecule has 1 heterocycles. The number of ether oxygens (including phenoxy) is 3. The highest BCUT2D eigenvalue weighted by Crippen LogP contribution is 2.37. The van der Waals surface area contributed by atoms with E-state index in [9.17, 15) is 4.79 Å². The Morgan fingerprint density at radius 1 is 1.25 bits per heavy atom. The van der Waals surface area contributed by atoms with E-state index in [4.69, 9.17) is 18.6 Å². The number of hydrogen-bond donors (Lipinski definition) is 0. The van der Waals surface area contributed by atoms with Crippen LogP contribution >= 0.6 is 0 Å². The van der Waals surface area contributed by atoms with E-state index in [1.54, 1.807) is 13.8 Å². The summed E-state index contributed by atoms with van der Waals surface area (Å²) < 4.78 is 22.3. The molecule has 0 aromatic rings. The second-order valence-electron chi connectivity index (χ2n) is 7.19. The van der Waals surface area contributed by atoms with E-state index in [-0.39, 0.29) is 5.04 Å². The van der Waals surface area contributed by atoms with Gasteiger partial charge in [0.2, 0.25) is 0 Å². The summed E-state index contributed by atoms with van der Waals surface area (Å²) in [5.74, 6) is -1.21. The third-order valence-corrected chi connectivity index (χ3v) is 8.53. The van der Waals surface area contributed by atoms with Crippen LogP contribution in [-0.4, -0.2) is 46.0 Å². The van der Waals surface area contributed by atoms with Gasteiger partial charge in [-0.1, -0.05) is 20.8 Å². The van der Waals surface area contributed by atoms with Crippen molar-refractivity contribution in [3.05, 3.63) is 0 Å². The maximum atomic E-state index is 11.8. The van der Waals surface area contributed by atoms with E-state index >= 15 is 0 Å². The third-order valence-electron chi connectivity index (χ3n) is 4.03. The van der Waals surface area contributed by atoms with Crippen LogP contribution in [0.2, 0.25) is 18.1 Å². The Hall–Kier alpha value is -0.433. The number of hydrogen-bond acceptors (Lipinski definition) is 5. The Kier molecular flexibility index (Phi) is 5.07. The fourth-order valence-corrected chi connectivity index (χ4v) is 2.79. The van der Waals surface area contributed by atoms with Gasteiger partial charge in [0.05, 0.1) is 13.7 Å². The summed E-state index contributed by atoms with van der Waals surface area (Å²) in [5.41, 5.74) is 0. The van der Waals surface area contributed by atoms with Crippen molar-refractivity contribution in [2.24, 2.45) is 0 Å². The first-order chi connectivity index (χ1) is 8.89. The van der Waals surface area contributed by atoms with Gasteiger partial charge in [-0.25, -0.2) is 4.79 Å². The lowest BCUT2D eigenvalue weighted by molar-refractivity contribution is -0.168. The maximum absolute atomic E-state index is 11.8. The average Bonchev–Trinajstić information content (AvgIpc) is 2.59. The zero-order chi connectivity index (χ0) is 15.8. The molecular weight excluding hydrogens is 276 g/mol. The molecule has 1 saturated heterocycles. The predicted octanol–water partition coefficient (Wildman–Crippen LogP) is 2.70. The number of carbonyl (C=O) groups excluding carboxylic acids is 1. The normalized spacial score (nSPS) is 26.6. The van der Waals surface area contributed by atoms with Gasteiger partial charge in [-0.3, -0.25) is 0 Å². The molecule has 1 aliphatic rings. The van der Waals surface area contributed by atoms with Crippen LogP contribution in [0.25, 0.3) is 0 Å². The number of esters is 1. The van der Waals surface area contributed by atoms with Gasteiger partial charge in [0.25, 0.3) is 0 Å². The quantitative estimate of drug-likeness (QED) is 0.590. The first kappa shape index (κ1) is 17.6. The first-order valence-electron chi connectivity index (χ1n) is 6.97. The standard InChI is InChI=1S/C14H28O5Si/c1-13(2,3)20(7,8)17-9-10-11(12(15)16-6)19-14(4,5)18-10/h10-11H,9H2,1-8H3/t10-,11+/m0/s1. The average molecular weight is 304 g/mol. The summed E-state index contributed by atoms with van der Waals surface area (Å²) in [4.78, 5) is 11.8. The lowest BCUT2D eigenvalue weighted by Crippen LogP contribution is -2.45. The van der Waals surface area contributed by atoms with E-state index in [0.29, 0.717) is 6.61 Å². The summed E-state index contributed by atoms with van der Waals surface area (Å²) >= 11 is 0. The van der Waals surface area contributed by atoms with Crippen molar-refractivity contribution in [3.8, 4) is 0 Å². The first-order valence-corrected chi connectivity index (χ1v) is 9.88. The fraction of sp³-hybridized carbons (Fsp3) is 0.929. The van der Waals surface area contributed by atoms with Gasteiger partial charge >= 0.3 is 5.97 Å². The molecule has 20 heavy (non-hydrogen) atoms. The molecule has 0 unspecified atom stereocenters.